The first kappa shape index (κ1) is 14.9. The maximum Gasteiger partial charge on any atom is 0.309 e. The van der Waals surface area contributed by atoms with Gasteiger partial charge in [-0.05, 0) is 13.3 Å². The second kappa shape index (κ2) is 8.10. The molecule has 0 spiro atoms. The molecule has 0 aromatic carbocycles. The summed E-state index contributed by atoms with van der Waals surface area (Å²) in [6.45, 7) is 6.65. The number of hydrogen-bond acceptors (Lipinski definition) is 4. The highest BCUT2D eigenvalue weighted by Crippen LogP contribution is 1.96. The van der Waals surface area contributed by atoms with Gasteiger partial charge in [0.25, 0.3) is 0 Å². The summed E-state index contributed by atoms with van der Waals surface area (Å²) in [6, 6.07) is -0.293. The average Bonchev–Trinajstić information content (AvgIpc) is 2.31. The summed E-state index contributed by atoms with van der Waals surface area (Å²) < 4.78 is 4.59. The first-order chi connectivity index (χ1) is 7.52. The van der Waals surface area contributed by atoms with Gasteiger partial charge in [0.2, 0.25) is 5.91 Å². The molecule has 2 atom stereocenters. The van der Waals surface area contributed by atoms with E-state index in [9.17, 15) is 9.59 Å². The molecule has 2 N–H and O–H groups in total. The summed E-state index contributed by atoms with van der Waals surface area (Å²) in [5, 5.41) is 5.77. The molecule has 0 aromatic rings. The molecule has 1 amide bonds. The Morgan fingerprint density at radius 2 is 1.94 bits per heavy atom. The van der Waals surface area contributed by atoms with Crippen molar-refractivity contribution in [3.05, 3.63) is 0 Å². The monoisotopic (exact) mass is 230 g/mol. The van der Waals surface area contributed by atoms with Gasteiger partial charge in [-0.1, -0.05) is 13.8 Å². The van der Waals surface area contributed by atoms with Crippen molar-refractivity contribution in [2.24, 2.45) is 5.92 Å². The number of amides is 1. The van der Waals surface area contributed by atoms with Gasteiger partial charge < -0.3 is 15.4 Å². The molecule has 0 bridgehead atoms. The van der Waals surface area contributed by atoms with Crippen LogP contribution < -0.4 is 10.6 Å². The van der Waals surface area contributed by atoms with Gasteiger partial charge in [0, 0.05) is 13.1 Å². The lowest BCUT2D eigenvalue weighted by molar-refractivity contribution is -0.144. The van der Waals surface area contributed by atoms with Crippen LogP contribution >= 0.6 is 0 Å². The maximum absolute atomic E-state index is 11.5. The third kappa shape index (κ3) is 5.70. The molecule has 0 radical (unpaired) electrons. The Kier molecular flexibility index (Phi) is 7.54. The fraction of sp³-hybridized carbons (Fsp3) is 0.818. The van der Waals surface area contributed by atoms with E-state index in [4.69, 9.17) is 0 Å². The largest absolute Gasteiger partial charge is 0.469 e. The minimum atomic E-state index is -0.293. The summed E-state index contributed by atoms with van der Waals surface area (Å²) in [5.41, 5.74) is 0. The van der Waals surface area contributed by atoms with Crippen LogP contribution in [0.15, 0.2) is 0 Å². The first-order valence-electron chi connectivity index (χ1n) is 5.61. The van der Waals surface area contributed by atoms with Crippen LogP contribution in [0.25, 0.3) is 0 Å². The number of carbonyl (C=O) groups excluding carboxylic acids is 2. The van der Waals surface area contributed by atoms with E-state index in [2.05, 4.69) is 15.4 Å². The van der Waals surface area contributed by atoms with Gasteiger partial charge in [-0.15, -0.1) is 0 Å². The molecule has 0 rings (SSSR count). The van der Waals surface area contributed by atoms with Crippen LogP contribution in [0.3, 0.4) is 0 Å². The zero-order chi connectivity index (χ0) is 12.6. The number of rotatable bonds is 7. The van der Waals surface area contributed by atoms with Crippen molar-refractivity contribution >= 4 is 11.9 Å². The minimum Gasteiger partial charge on any atom is -0.469 e. The quantitative estimate of drug-likeness (QED) is 0.617. The topological polar surface area (TPSA) is 67.4 Å². The van der Waals surface area contributed by atoms with Crippen LogP contribution in [-0.4, -0.2) is 38.1 Å². The fourth-order valence-electron chi connectivity index (χ4n) is 1.13. The van der Waals surface area contributed by atoms with Gasteiger partial charge in [0.1, 0.15) is 0 Å². The predicted octanol–water partition coefficient (Wildman–Crippen LogP) is 0.300. The van der Waals surface area contributed by atoms with Gasteiger partial charge in [0.05, 0.1) is 19.1 Å². The molecule has 0 fully saturated rings. The van der Waals surface area contributed by atoms with Crippen molar-refractivity contribution in [2.75, 3.05) is 20.2 Å². The summed E-state index contributed by atoms with van der Waals surface area (Å²) in [7, 11) is 1.36. The normalized spacial score (nSPS) is 14.0. The standard InChI is InChI=1S/C11H22N2O3/c1-5-6-12-10(14)9(3)13-7-8(2)11(15)16-4/h8-9,13H,5-7H2,1-4H3,(H,12,14). The van der Waals surface area contributed by atoms with Crippen LogP contribution in [0.5, 0.6) is 0 Å². The third-order valence-corrected chi connectivity index (χ3v) is 2.28. The summed E-state index contributed by atoms with van der Waals surface area (Å²) >= 11 is 0. The van der Waals surface area contributed by atoms with Gasteiger partial charge in [0.15, 0.2) is 0 Å². The second-order valence-electron chi connectivity index (χ2n) is 3.85. The minimum absolute atomic E-state index is 0.0427. The lowest BCUT2D eigenvalue weighted by atomic mass is 10.1. The fourth-order valence-corrected chi connectivity index (χ4v) is 1.13. The first-order valence-corrected chi connectivity index (χ1v) is 5.61. The maximum atomic E-state index is 11.5. The van der Waals surface area contributed by atoms with Crippen molar-refractivity contribution in [3.8, 4) is 0 Å². The molecular formula is C11H22N2O3. The summed E-state index contributed by atoms with van der Waals surface area (Å²) in [4.78, 5) is 22.6. The van der Waals surface area contributed by atoms with E-state index in [0.29, 0.717) is 13.1 Å². The molecule has 0 aliphatic rings. The van der Waals surface area contributed by atoms with Gasteiger partial charge in [-0.2, -0.15) is 0 Å². The van der Waals surface area contributed by atoms with E-state index >= 15 is 0 Å². The molecule has 0 aliphatic carbocycles. The molecule has 0 saturated carbocycles. The highest BCUT2D eigenvalue weighted by Gasteiger charge is 2.16. The van der Waals surface area contributed by atoms with Gasteiger partial charge in [-0.25, -0.2) is 0 Å². The summed E-state index contributed by atoms with van der Waals surface area (Å²) in [5.74, 6) is -0.556. The van der Waals surface area contributed by atoms with E-state index in [1.807, 2.05) is 6.92 Å². The molecule has 2 unspecified atom stereocenters. The molecule has 0 heterocycles. The predicted molar refractivity (Wildman–Crippen MR) is 61.9 cm³/mol. The van der Waals surface area contributed by atoms with Crippen LogP contribution in [0, 0.1) is 5.92 Å². The molecule has 0 aromatic heterocycles. The molecule has 5 nitrogen and oxygen atoms in total. The Labute approximate surface area is 96.9 Å². The molecular weight excluding hydrogens is 208 g/mol. The third-order valence-electron chi connectivity index (χ3n) is 2.28. The van der Waals surface area contributed by atoms with E-state index in [-0.39, 0.29) is 23.8 Å². The smallest absolute Gasteiger partial charge is 0.309 e. The van der Waals surface area contributed by atoms with Gasteiger partial charge in [-0.3, -0.25) is 9.59 Å². The number of esters is 1. The SMILES string of the molecule is CCCNC(=O)C(C)NCC(C)C(=O)OC. The zero-order valence-electron chi connectivity index (χ0n) is 10.5. The van der Waals surface area contributed by atoms with Crippen molar-refractivity contribution in [1.29, 1.82) is 0 Å². The van der Waals surface area contributed by atoms with E-state index in [1.54, 1.807) is 13.8 Å². The highest BCUT2D eigenvalue weighted by atomic mass is 16.5. The Bertz CT molecular complexity index is 231. The van der Waals surface area contributed by atoms with Crippen molar-refractivity contribution < 1.29 is 14.3 Å². The highest BCUT2D eigenvalue weighted by molar-refractivity contribution is 5.81. The van der Waals surface area contributed by atoms with Gasteiger partial charge >= 0.3 is 5.97 Å². The lowest BCUT2D eigenvalue weighted by Crippen LogP contribution is -2.44. The summed E-state index contributed by atoms with van der Waals surface area (Å²) in [6.07, 6.45) is 0.914. The number of nitrogens with one attached hydrogen (secondary N) is 2. The van der Waals surface area contributed by atoms with Crippen LogP contribution in [-0.2, 0) is 14.3 Å². The van der Waals surface area contributed by atoms with Crippen molar-refractivity contribution in [2.45, 2.75) is 33.2 Å². The molecule has 5 heteroatoms. The Hall–Kier alpha value is -1.10. The number of ether oxygens (including phenoxy) is 1. The number of methoxy groups -OCH3 is 1. The average molecular weight is 230 g/mol. The zero-order valence-corrected chi connectivity index (χ0v) is 10.5. The number of carbonyl (C=O) groups is 2. The van der Waals surface area contributed by atoms with Crippen molar-refractivity contribution in [1.82, 2.24) is 10.6 Å². The molecule has 0 saturated heterocycles. The van der Waals surface area contributed by atoms with E-state index < -0.39 is 0 Å². The van der Waals surface area contributed by atoms with Crippen LogP contribution in [0.1, 0.15) is 27.2 Å². The molecule has 94 valence electrons. The van der Waals surface area contributed by atoms with Crippen molar-refractivity contribution in [3.63, 3.8) is 0 Å². The molecule has 16 heavy (non-hydrogen) atoms. The van der Waals surface area contributed by atoms with Crippen LogP contribution in [0.2, 0.25) is 0 Å². The Balaban J connectivity index is 3.83. The Morgan fingerprint density at radius 3 is 2.44 bits per heavy atom. The molecule has 0 aliphatic heterocycles. The van der Waals surface area contributed by atoms with Crippen LogP contribution in [0.4, 0.5) is 0 Å². The van der Waals surface area contributed by atoms with E-state index in [1.165, 1.54) is 7.11 Å². The second-order valence-corrected chi connectivity index (χ2v) is 3.85. The Morgan fingerprint density at radius 1 is 1.31 bits per heavy atom. The number of hydrogen-bond donors (Lipinski definition) is 2. The lowest BCUT2D eigenvalue weighted by Gasteiger charge is -2.16. The van der Waals surface area contributed by atoms with E-state index in [0.717, 1.165) is 6.42 Å².